The lowest BCUT2D eigenvalue weighted by Gasteiger charge is -2.18. The summed E-state index contributed by atoms with van der Waals surface area (Å²) >= 11 is -2.86. The number of hydrogen-bond acceptors (Lipinski definition) is 8. The average molecular weight is 605 g/mol. The second kappa shape index (κ2) is 12.9. The molecule has 1 N–H and O–H groups in total. The van der Waals surface area contributed by atoms with E-state index in [2.05, 4.69) is 19.9 Å². The summed E-state index contributed by atoms with van der Waals surface area (Å²) in [5.41, 5.74) is 2.92. The lowest BCUT2D eigenvalue weighted by atomic mass is 10.2. The third-order valence-electron chi connectivity index (χ3n) is 7.07. The Morgan fingerprint density at radius 3 is 1.07 bits per heavy atom. The summed E-state index contributed by atoms with van der Waals surface area (Å²) in [6.45, 7) is 0. The van der Waals surface area contributed by atoms with Crippen LogP contribution in [-0.4, -0.2) is 40.2 Å². The van der Waals surface area contributed by atoms with Crippen molar-refractivity contribution >= 4 is 58.8 Å². The Labute approximate surface area is 263 Å². The number of hydrogen-bond donors (Lipinski definition) is 1. The molecule has 45 heavy (non-hydrogen) atoms. The molecule has 4 heterocycles. The minimum absolute atomic E-state index is 0.239. The number of aromatic nitrogens is 4. The first kappa shape index (κ1) is 28.0. The molecule has 216 valence electrons. The highest BCUT2D eigenvalue weighted by Crippen LogP contribution is 2.29. The van der Waals surface area contributed by atoms with Crippen LogP contribution < -0.4 is 11.4 Å². The molecular formula is C36H25AlN4O4. The highest BCUT2D eigenvalue weighted by Gasteiger charge is 2.45. The Balaban J connectivity index is 0.000000249. The summed E-state index contributed by atoms with van der Waals surface area (Å²) in [6, 6.07) is 38.2. The largest absolute Gasteiger partial charge is 1.20 e. The molecule has 8 nitrogen and oxygen atoms in total. The van der Waals surface area contributed by atoms with Gasteiger partial charge in [0.15, 0.2) is 0 Å². The molecule has 0 radical (unpaired) electrons. The summed E-state index contributed by atoms with van der Waals surface area (Å²) < 4.78 is 19.2. The quantitative estimate of drug-likeness (QED) is 0.192. The molecule has 0 unspecified atom stereocenters. The number of phenolic OH excluding ortho intramolecular Hbond substituents is 1. The molecule has 0 aliphatic heterocycles. The molecule has 9 heteroatoms. The van der Waals surface area contributed by atoms with Crippen LogP contribution in [-0.2, 0) is 0 Å². The van der Waals surface area contributed by atoms with Crippen molar-refractivity contribution in [3.63, 3.8) is 0 Å². The van der Waals surface area contributed by atoms with E-state index in [-0.39, 0.29) is 5.75 Å². The van der Waals surface area contributed by atoms with Gasteiger partial charge in [-0.25, -0.2) is 0 Å². The molecule has 0 saturated carbocycles. The van der Waals surface area contributed by atoms with Crippen molar-refractivity contribution in [1.29, 1.82) is 0 Å². The van der Waals surface area contributed by atoms with E-state index in [1.165, 1.54) is 0 Å². The van der Waals surface area contributed by atoms with Crippen molar-refractivity contribution in [1.82, 2.24) is 19.9 Å². The number of aromatic hydroxyl groups is 1. The molecule has 8 aromatic rings. The van der Waals surface area contributed by atoms with Crippen LogP contribution in [0.5, 0.6) is 23.0 Å². The van der Waals surface area contributed by atoms with Gasteiger partial charge in [0, 0.05) is 46.3 Å². The normalized spacial score (nSPS) is 10.8. The molecule has 8 rings (SSSR count). The predicted molar refractivity (Wildman–Crippen MR) is 176 cm³/mol. The fourth-order valence-electron chi connectivity index (χ4n) is 4.99. The fraction of sp³-hybridized carbons (Fsp3) is 0. The van der Waals surface area contributed by atoms with Gasteiger partial charge in [0.25, 0.3) is 0 Å². The minimum Gasteiger partial charge on any atom is -0.576 e. The van der Waals surface area contributed by atoms with Crippen LogP contribution in [0.2, 0.25) is 0 Å². The Morgan fingerprint density at radius 2 is 0.689 bits per heavy atom. The van der Waals surface area contributed by atoms with Gasteiger partial charge in [-0.2, -0.15) is 0 Å². The zero-order chi connectivity index (χ0) is 30.4. The van der Waals surface area contributed by atoms with E-state index in [1.54, 1.807) is 36.9 Å². The molecule has 4 aromatic heterocycles. The van der Waals surface area contributed by atoms with E-state index in [1.807, 2.05) is 109 Å². The Hall–Kier alpha value is -5.75. The van der Waals surface area contributed by atoms with E-state index in [0.717, 1.165) is 38.1 Å². The third kappa shape index (κ3) is 6.17. The van der Waals surface area contributed by atoms with Gasteiger partial charge in [-0.3, -0.25) is 19.9 Å². The second-order valence-electron chi connectivity index (χ2n) is 9.99. The van der Waals surface area contributed by atoms with Gasteiger partial charge in [0.05, 0.1) is 0 Å². The van der Waals surface area contributed by atoms with Crippen LogP contribution in [0.4, 0.5) is 0 Å². The van der Waals surface area contributed by atoms with E-state index in [4.69, 9.17) is 11.4 Å². The molecule has 0 amide bonds. The number of pyridine rings is 4. The first-order valence-corrected chi connectivity index (χ1v) is 15.7. The van der Waals surface area contributed by atoms with Gasteiger partial charge >= 0.3 is 15.1 Å². The first-order valence-electron chi connectivity index (χ1n) is 14.3. The van der Waals surface area contributed by atoms with Crippen molar-refractivity contribution in [3.8, 4) is 23.0 Å². The molecule has 0 spiro atoms. The van der Waals surface area contributed by atoms with Crippen molar-refractivity contribution in [3.05, 3.63) is 146 Å². The van der Waals surface area contributed by atoms with Gasteiger partial charge in [0.1, 0.15) is 45.1 Å². The van der Waals surface area contributed by atoms with Crippen LogP contribution in [0.25, 0.3) is 43.6 Å². The second-order valence-corrected chi connectivity index (χ2v) is 11.3. The molecular weight excluding hydrogens is 579 g/mol. The van der Waals surface area contributed by atoms with Gasteiger partial charge in [-0.05, 0) is 48.5 Å². The smallest absolute Gasteiger partial charge is 0.576 e. The van der Waals surface area contributed by atoms with Crippen LogP contribution in [0.3, 0.4) is 0 Å². The number of fused-ring (bicyclic) bond motifs is 4. The average Bonchev–Trinajstić information content (AvgIpc) is 3.09. The summed E-state index contributed by atoms with van der Waals surface area (Å²) in [5.74, 6) is 2.06. The van der Waals surface area contributed by atoms with Crippen LogP contribution in [0.1, 0.15) is 0 Å². The van der Waals surface area contributed by atoms with Gasteiger partial charge in [-0.15, -0.1) is 0 Å². The topological polar surface area (TPSA) is 99.5 Å². The number of rotatable bonds is 6. The summed E-state index contributed by atoms with van der Waals surface area (Å²) in [4.78, 5) is 17.6. The fourth-order valence-corrected chi connectivity index (χ4v) is 6.32. The molecule has 4 aromatic carbocycles. The molecule has 0 saturated heterocycles. The summed E-state index contributed by atoms with van der Waals surface area (Å²) in [7, 11) is 0. The molecule has 0 atom stereocenters. The number of benzene rings is 4. The highest BCUT2D eigenvalue weighted by atomic mass is 27.3. The summed E-state index contributed by atoms with van der Waals surface area (Å²) in [5, 5.41) is 13.2. The lowest BCUT2D eigenvalue weighted by molar-refractivity contribution is 0.311. The first-order chi connectivity index (χ1) is 22.2. The standard InChI is InChI=1S/4C9H7NO.Al/c4*11-8-5-1-3-7-4-2-6-10-9(7)8;/h4*1-6,11H;/q;;;;+3/p-3. The SMILES string of the molecule is Oc1cccc2cccnc12.c1cnc2c([O][Al]([O]c3cccc4cccnc34)[O]c3cccc4cccnc34)cccc2c1. The van der Waals surface area contributed by atoms with E-state index in [0.29, 0.717) is 22.8 Å². The van der Waals surface area contributed by atoms with Crippen molar-refractivity contribution in [2.24, 2.45) is 0 Å². The van der Waals surface area contributed by atoms with Gasteiger partial charge in [0.2, 0.25) is 0 Å². The van der Waals surface area contributed by atoms with Gasteiger partial charge in [-0.1, -0.05) is 72.8 Å². The Morgan fingerprint density at radius 1 is 0.378 bits per heavy atom. The molecule has 0 aliphatic rings. The lowest BCUT2D eigenvalue weighted by Crippen LogP contribution is -2.37. The van der Waals surface area contributed by atoms with Crippen LogP contribution >= 0.6 is 0 Å². The summed E-state index contributed by atoms with van der Waals surface area (Å²) in [6.07, 6.45) is 6.91. The highest BCUT2D eigenvalue weighted by molar-refractivity contribution is 6.40. The minimum atomic E-state index is -2.86. The molecule has 0 bridgehead atoms. The number of nitrogens with zero attached hydrogens (tertiary/aromatic N) is 4. The maximum atomic E-state index is 9.31. The molecule has 0 fully saturated rings. The zero-order valence-corrected chi connectivity index (χ0v) is 25.0. The van der Waals surface area contributed by atoms with E-state index >= 15 is 0 Å². The van der Waals surface area contributed by atoms with Crippen LogP contribution in [0, 0.1) is 0 Å². The predicted octanol–water partition coefficient (Wildman–Crippen LogP) is 7.79. The Kier molecular flexibility index (Phi) is 8.01. The van der Waals surface area contributed by atoms with E-state index in [9.17, 15) is 5.11 Å². The number of para-hydroxylation sites is 4. The molecule has 0 aliphatic carbocycles. The van der Waals surface area contributed by atoms with Crippen molar-refractivity contribution in [2.75, 3.05) is 0 Å². The Bertz CT molecular complexity index is 2050. The van der Waals surface area contributed by atoms with E-state index < -0.39 is 15.1 Å². The third-order valence-corrected chi connectivity index (χ3v) is 8.41. The monoisotopic (exact) mass is 604 g/mol. The van der Waals surface area contributed by atoms with Crippen LogP contribution in [0.15, 0.2) is 146 Å². The maximum absolute atomic E-state index is 9.31. The van der Waals surface area contributed by atoms with Gasteiger partial charge < -0.3 is 16.5 Å². The van der Waals surface area contributed by atoms with Crippen molar-refractivity contribution < 1.29 is 16.5 Å². The zero-order valence-electron chi connectivity index (χ0n) is 23.9. The van der Waals surface area contributed by atoms with Crippen molar-refractivity contribution in [2.45, 2.75) is 0 Å². The number of phenols is 1. The maximum Gasteiger partial charge on any atom is 1.20 e.